The van der Waals surface area contributed by atoms with Gasteiger partial charge in [0.25, 0.3) is 0 Å². The highest BCUT2D eigenvalue weighted by Gasteiger charge is 2.05. The lowest BCUT2D eigenvalue weighted by atomic mass is 10.3. The van der Waals surface area contributed by atoms with E-state index >= 15 is 0 Å². The van der Waals surface area contributed by atoms with E-state index in [-0.39, 0.29) is 5.95 Å². The third-order valence-electron chi connectivity index (χ3n) is 2.35. The molecule has 3 N–H and O–H groups in total. The van der Waals surface area contributed by atoms with E-state index in [1.807, 2.05) is 13.8 Å². The number of hydrogen-bond donors (Lipinski definition) is 2. The van der Waals surface area contributed by atoms with Crippen molar-refractivity contribution in [2.75, 3.05) is 11.1 Å². The van der Waals surface area contributed by atoms with Gasteiger partial charge in [0.1, 0.15) is 11.6 Å². The third-order valence-corrected chi connectivity index (χ3v) is 2.35. The molecule has 0 radical (unpaired) electrons. The fraction of sp³-hybridized carbons (Fsp3) is 0.364. The number of nitrogens with one attached hydrogen (secondary N) is 1. The van der Waals surface area contributed by atoms with Crippen molar-refractivity contribution in [2.24, 2.45) is 0 Å². The summed E-state index contributed by atoms with van der Waals surface area (Å²) in [4.78, 5) is 12.2. The van der Waals surface area contributed by atoms with E-state index in [0.29, 0.717) is 18.3 Å². The molecular formula is C11H15N5O. The first-order valence-corrected chi connectivity index (χ1v) is 5.45. The lowest BCUT2D eigenvalue weighted by Crippen LogP contribution is -2.06. The van der Waals surface area contributed by atoms with Crippen LogP contribution < -0.4 is 11.1 Å². The maximum atomic E-state index is 5.52. The molecule has 0 aliphatic rings. The minimum Gasteiger partial charge on any atom is -0.444 e. The number of rotatable bonds is 4. The van der Waals surface area contributed by atoms with Crippen molar-refractivity contribution in [3.63, 3.8) is 0 Å². The average Bonchev–Trinajstić information content (AvgIpc) is 2.78. The van der Waals surface area contributed by atoms with Crippen molar-refractivity contribution in [1.82, 2.24) is 15.0 Å². The van der Waals surface area contributed by atoms with E-state index < -0.39 is 0 Å². The number of nitrogens with two attached hydrogens (primary N) is 1. The largest absolute Gasteiger partial charge is 0.444 e. The van der Waals surface area contributed by atoms with Crippen molar-refractivity contribution >= 4 is 11.8 Å². The second-order valence-electron chi connectivity index (χ2n) is 3.69. The Bertz CT molecular complexity index is 508. The summed E-state index contributed by atoms with van der Waals surface area (Å²) in [5, 5.41) is 3.12. The summed E-state index contributed by atoms with van der Waals surface area (Å²) in [5.41, 5.74) is 6.45. The fourth-order valence-electron chi connectivity index (χ4n) is 1.39. The van der Waals surface area contributed by atoms with Crippen LogP contribution >= 0.6 is 0 Å². The Morgan fingerprint density at radius 3 is 2.88 bits per heavy atom. The van der Waals surface area contributed by atoms with E-state index in [1.165, 1.54) is 0 Å². The molecule has 2 aromatic heterocycles. The number of aryl methyl sites for hydroxylation is 2. The summed E-state index contributed by atoms with van der Waals surface area (Å²) in [6, 6.07) is 0. The summed E-state index contributed by atoms with van der Waals surface area (Å²) < 4.78 is 5.48. The van der Waals surface area contributed by atoms with E-state index in [9.17, 15) is 0 Å². The summed E-state index contributed by atoms with van der Waals surface area (Å²) in [6.07, 6.45) is 4.25. The molecule has 90 valence electrons. The molecule has 0 saturated carbocycles. The quantitative estimate of drug-likeness (QED) is 0.832. The highest BCUT2D eigenvalue weighted by molar-refractivity contribution is 5.44. The lowest BCUT2D eigenvalue weighted by molar-refractivity contribution is 0.465. The van der Waals surface area contributed by atoms with Crippen LogP contribution in [-0.4, -0.2) is 15.0 Å². The Kier molecular flexibility index (Phi) is 3.22. The molecule has 0 amide bonds. The maximum Gasteiger partial charge on any atom is 0.221 e. The van der Waals surface area contributed by atoms with Gasteiger partial charge in [0.05, 0.1) is 12.7 Å². The van der Waals surface area contributed by atoms with Crippen molar-refractivity contribution in [1.29, 1.82) is 0 Å². The molecular weight excluding hydrogens is 218 g/mol. The topological polar surface area (TPSA) is 89.9 Å². The van der Waals surface area contributed by atoms with Gasteiger partial charge in [-0.2, -0.15) is 4.98 Å². The van der Waals surface area contributed by atoms with E-state index in [2.05, 4.69) is 20.3 Å². The summed E-state index contributed by atoms with van der Waals surface area (Å²) in [6.45, 7) is 4.42. The Labute approximate surface area is 99.3 Å². The molecule has 6 nitrogen and oxygen atoms in total. The second-order valence-corrected chi connectivity index (χ2v) is 3.69. The van der Waals surface area contributed by atoms with E-state index in [1.54, 1.807) is 12.4 Å². The number of aromatic nitrogens is 3. The van der Waals surface area contributed by atoms with Gasteiger partial charge in [0, 0.05) is 18.2 Å². The molecule has 2 aromatic rings. The zero-order valence-corrected chi connectivity index (χ0v) is 9.90. The van der Waals surface area contributed by atoms with Crippen LogP contribution in [0.3, 0.4) is 0 Å². The maximum absolute atomic E-state index is 5.52. The lowest BCUT2D eigenvalue weighted by Gasteiger charge is -2.06. The number of anilines is 2. The minimum atomic E-state index is 0.250. The number of nitrogens with zero attached hydrogens (tertiary/aromatic N) is 3. The molecule has 6 heteroatoms. The number of oxazole rings is 1. The zero-order valence-electron chi connectivity index (χ0n) is 9.90. The highest BCUT2D eigenvalue weighted by atomic mass is 16.4. The molecule has 0 aromatic carbocycles. The summed E-state index contributed by atoms with van der Waals surface area (Å²) >= 11 is 0. The van der Waals surface area contributed by atoms with Gasteiger partial charge < -0.3 is 15.5 Å². The molecule has 0 aliphatic carbocycles. The van der Waals surface area contributed by atoms with Crippen molar-refractivity contribution in [3.8, 4) is 0 Å². The van der Waals surface area contributed by atoms with Crippen LogP contribution in [0.25, 0.3) is 0 Å². The van der Waals surface area contributed by atoms with Gasteiger partial charge >= 0.3 is 0 Å². The zero-order chi connectivity index (χ0) is 12.3. The molecule has 0 bridgehead atoms. The van der Waals surface area contributed by atoms with E-state index in [4.69, 9.17) is 10.2 Å². The average molecular weight is 233 g/mol. The summed E-state index contributed by atoms with van der Waals surface area (Å²) in [7, 11) is 0. The standard InChI is InChI=1S/C11H15N5O/c1-3-8-5-13-9(17-8)6-14-10-7(2)4-15-11(12)16-10/h4-5H,3,6H2,1-2H3,(H3,12,14,15,16). The van der Waals surface area contributed by atoms with Crippen LogP contribution in [0.4, 0.5) is 11.8 Å². The van der Waals surface area contributed by atoms with Gasteiger partial charge in [-0.25, -0.2) is 9.97 Å². The molecule has 0 fully saturated rings. The number of nitrogen functional groups attached to an aromatic ring is 1. The molecule has 0 unspecified atom stereocenters. The van der Waals surface area contributed by atoms with Crippen LogP contribution in [0.2, 0.25) is 0 Å². The molecule has 0 aliphatic heterocycles. The van der Waals surface area contributed by atoms with Crippen molar-refractivity contribution in [3.05, 3.63) is 29.6 Å². The Morgan fingerprint density at radius 2 is 2.18 bits per heavy atom. The SMILES string of the molecule is CCc1cnc(CNc2nc(N)ncc2C)o1. The monoisotopic (exact) mass is 233 g/mol. The Balaban J connectivity index is 2.04. The Morgan fingerprint density at radius 1 is 1.35 bits per heavy atom. The Hall–Kier alpha value is -2.11. The van der Waals surface area contributed by atoms with Gasteiger partial charge in [-0.1, -0.05) is 6.92 Å². The van der Waals surface area contributed by atoms with Crippen LogP contribution in [0, 0.1) is 6.92 Å². The first-order valence-electron chi connectivity index (χ1n) is 5.45. The van der Waals surface area contributed by atoms with E-state index in [0.717, 1.165) is 17.7 Å². The fourth-order valence-corrected chi connectivity index (χ4v) is 1.39. The van der Waals surface area contributed by atoms with Gasteiger partial charge in [-0.15, -0.1) is 0 Å². The third kappa shape index (κ3) is 2.72. The van der Waals surface area contributed by atoms with Crippen molar-refractivity contribution in [2.45, 2.75) is 26.8 Å². The highest BCUT2D eigenvalue weighted by Crippen LogP contribution is 2.12. The molecule has 0 saturated heterocycles. The molecule has 2 rings (SSSR count). The van der Waals surface area contributed by atoms with Crippen LogP contribution in [0.5, 0.6) is 0 Å². The molecule has 17 heavy (non-hydrogen) atoms. The predicted molar refractivity (Wildman–Crippen MR) is 64.4 cm³/mol. The normalized spacial score (nSPS) is 10.5. The first-order chi connectivity index (χ1) is 8.19. The minimum absolute atomic E-state index is 0.250. The van der Waals surface area contributed by atoms with Crippen LogP contribution in [-0.2, 0) is 13.0 Å². The van der Waals surface area contributed by atoms with Crippen molar-refractivity contribution < 1.29 is 4.42 Å². The predicted octanol–water partition coefficient (Wildman–Crippen LogP) is 1.53. The van der Waals surface area contributed by atoms with Gasteiger partial charge in [0.15, 0.2) is 0 Å². The summed E-state index contributed by atoms with van der Waals surface area (Å²) in [5.74, 6) is 2.47. The molecule has 0 spiro atoms. The first kappa shape index (κ1) is 11.4. The second kappa shape index (κ2) is 4.82. The molecule has 2 heterocycles. The van der Waals surface area contributed by atoms with Gasteiger partial charge in [0.2, 0.25) is 11.8 Å². The number of hydrogen-bond acceptors (Lipinski definition) is 6. The molecule has 0 atom stereocenters. The van der Waals surface area contributed by atoms with Crippen LogP contribution in [0.15, 0.2) is 16.8 Å². The van der Waals surface area contributed by atoms with Crippen LogP contribution in [0.1, 0.15) is 24.1 Å². The smallest absolute Gasteiger partial charge is 0.221 e. The van der Waals surface area contributed by atoms with Gasteiger partial charge in [-0.05, 0) is 6.92 Å². The van der Waals surface area contributed by atoms with Gasteiger partial charge in [-0.3, -0.25) is 0 Å².